The lowest BCUT2D eigenvalue weighted by Crippen LogP contribution is -2.26. The lowest BCUT2D eigenvalue weighted by atomic mass is 9.86. The first kappa shape index (κ1) is 23.3. The zero-order chi connectivity index (χ0) is 25.9. The molecule has 186 valence electrons. The molecule has 0 saturated heterocycles. The Balaban J connectivity index is 1.42. The zero-order valence-corrected chi connectivity index (χ0v) is 22.1. The summed E-state index contributed by atoms with van der Waals surface area (Å²) in [6.45, 7) is 11.9. The van der Waals surface area contributed by atoms with Crippen LogP contribution in [0.2, 0.25) is 0 Å². The molecule has 2 aromatic heterocycles. The van der Waals surface area contributed by atoms with E-state index in [1.807, 2.05) is 23.2 Å². The Morgan fingerprint density at radius 3 is 2.35 bits per heavy atom. The highest BCUT2D eigenvalue weighted by Gasteiger charge is 2.32. The topological polar surface area (TPSA) is 53.9 Å². The van der Waals surface area contributed by atoms with Crippen molar-refractivity contribution < 1.29 is 4.79 Å². The van der Waals surface area contributed by atoms with Crippen LogP contribution < -0.4 is 0 Å². The number of carbonyl (C=O) groups excluding carboxylic acids is 1. The Labute approximate surface area is 217 Å². The van der Waals surface area contributed by atoms with Gasteiger partial charge in [-0.25, -0.2) is 4.68 Å². The SMILES string of the molecule is Cc1cccc(C)c1-n1nc2c(c1-c1ccc3[nH]ccc3c1)CN(C(=O)c1ccc(C(C)(C)C)cc1)C2. The first-order chi connectivity index (χ1) is 17.7. The highest BCUT2D eigenvalue weighted by molar-refractivity contribution is 5.95. The van der Waals surface area contributed by atoms with Crippen LogP contribution in [0.1, 0.15) is 59.1 Å². The lowest BCUT2D eigenvalue weighted by Gasteiger charge is -2.21. The van der Waals surface area contributed by atoms with Crippen LogP contribution in [0.3, 0.4) is 0 Å². The van der Waals surface area contributed by atoms with Gasteiger partial charge in [-0.3, -0.25) is 4.79 Å². The Morgan fingerprint density at radius 2 is 1.65 bits per heavy atom. The van der Waals surface area contributed by atoms with Crippen LogP contribution in [0, 0.1) is 13.8 Å². The number of aromatic nitrogens is 3. The van der Waals surface area contributed by atoms with E-state index in [0.717, 1.165) is 44.7 Å². The van der Waals surface area contributed by atoms with Gasteiger partial charge >= 0.3 is 0 Å². The van der Waals surface area contributed by atoms with Gasteiger partial charge in [-0.15, -0.1) is 0 Å². The molecule has 3 heterocycles. The molecule has 5 aromatic rings. The first-order valence-corrected chi connectivity index (χ1v) is 12.9. The van der Waals surface area contributed by atoms with Gasteiger partial charge < -0.3 is 9.88 Å². The van der Waals surface area contributed by atoms with Crippen molar-refractivity contribution in [3.63, 3.8) is 0 Å². The van der Waals surface area contributed by atoms with Crippen LogP contribution in [0.5, 0.6) is 0 Å². The first-order valence-electron chi connectivity index (χ1n) is 12.9. The number of amides is 1. The van der Waals surface area contributed by atoms with E-state index >= 15 is 0 Å². The average molecular weight is 489 g/mol. The molecular weight excluding hydrogens is 456 g/mol. The third kappa shape index (κ3) is 3.95. The van der Waals surface area contributed by atoms with Crippen molar-refractivity contribution in [3.05, 3.63) is 106 Å². The summed E-state index contributed by atoms with van der Waals surface area (Å²) in [4.78, 5) is 18.7. The maximum Gasteiger partial charge on any atom is 0.254 e. The molecular formula is C32H32N4O. The smallest absolute Gasteiger partial charge is 0.254 e. The van der Waals surface area contributed by atoms with Crippen LogP contribution in [-0.4, -0.2) is 25.6 Å². The third-order valence-corrected chi connectivity index (χ3v) is 7.52. The van der Waals surface area contributed by atoms with Gasteiger partial charge in [0.1, 0.15) is 0 Å². The molecule has 1 aliphatic heterocycles. The summed E-state index contributed by atoms with van der Waals surface area (Å²) in [5.41, 5.74) is 10.8. The minimum absolute atomic E-state index is 0.0455. The number of hydrogen-bond donors (Lipinski definition) is 1. The van der Waals surface area contributed by atoms with Crippen molar-refractivity contribution in [1.82, 2.24) is 19.7 Å². The molecule has 37 heavy (non-hydrogen) atoms. The van der Waals surface area contributed by atoms with Gasteiger partial charge in [-0.05, 0) is 66.3 Å². The molecule has 5 nitrogen and oxygen atoms in total. The number of benzene rings is 3. The highest BCUT2D eigenvalue weighted by atomic mass is 16.2. The van der Waals surface area contributed by atoms with Crippen molar-refractivity contribution in [1.29, 1.82) is 0 Å². The van der Waals surface area contributed by atoms with E-state index in [4.69, 9.17) is 5.10 Å². The molecule has 0 spiro atoms. The molecule has 1 amide bonds. The Morgan fingerprint density at radius 1 is 0.919 bits per heavy atom. The van der Waals surface area contributed by atoms with Crippen LogP contribution in [0.25, 0.3) is 27.8 Å². The van der Waals surface area contributed by atoms with Crippen molar-refractivity contribution in [2.75, 3.05) is 0 Å². The fourth-order valence-corrected chi connectivity index (χ4v) is 5.45. The van der Waals surface area contributed by atoms with E-state index in [0.29, 0.717) is 13.1 Å². The predicted molar refractivity (Wildman–Crippen MR) is 149 cm³/mol. The van der Waals surface area contributed by atoms with Crippen LogP contribution in [0.4, 0.5) is 0 Å². The summed E-state index contributed by atoms with van der Waals surface area (Å²) in [5.74, 6) is 0.0455. The Kier molecular flexibility index (Phi) is 5.34. The summed E-state index contributed by atoms with van der Waals surface area (Å²) >= 11 is 0. The summed E-state index contributed by atoms with van der Waals surface area (Å²) in [5, 5.41) is 6.27. The number of rotatable bonds is 3. The number of nitrogens with zero attached hydrogens (tertiary/aromatic N) is 3. The minimum Gasteiger partial charge on any atom is -0.361 e. The van der Waals surface area contributed by atoms with Crippen LogP contribution in [0.15, 0.2) is 72.9 Å². The normalized spacial score (nSPS) is 13.4. The second-order valence-electron chi connectivity index (χ2n) is 11.2. The van der Waals surface area contributed by atoms with Crippen molar-refractivity contribution >= 4 is 16.8 Å². The molecule has 0 atom stereocenters. The average Bonchev–Trinajstić information content (AvgIpc) is 3.57. The van der Waals surface area contributed by atoms with E-state index in [-0.39, 0.29) is 11.3 Å². The maximum absolute atomic E-state index is 13.5. The van der Waals surface area contributed by atoms with Gasteiger partial charge in [-0.1, -0.05) is 57.2 Å². The number of fused-ring (bicyclic) bond motifs is 2. The fraction of sp³-hybridized carbons (Fsp3) is 0.250. The van der Waals surface area contributed by atoms with Crippen molar-refractivity contribution in [3.8, 4) is 16.9 Å². The molecule has 0 radical (unpaired) electrons. The van der Waals surface area contributed by atoms with E-state index < -0.39 is 0 Å². The number of aryl methyl sites for hydroxylation is 2. The molecule has 0 aliphatic carbocycles. The predicted octanol–water partition coefficient (Wildman–Crippen LogP) is 7.09. The molecule has 5 heteroatoms. The number of para-hydroxylation sites is 1. The minimum atomic E-state index is 0.0455. The number of carbonyl (C=O) groups is 1. The van der Waals surface area contributed by atoms with Gasteiger partial charge in [0.05, 0.1) is 30.2 Å². The summed E-state index contributed by atoms with van der Waals surface area (Å²) in [6.07, 6.45) is 1.97. The van der Waals surface area contributed by atoms with Gasteiger partial charge in [-0.2, -0.15) is 5.10 Å². The zero-order valence-electron chi connectivity index (χ0n) is 22.1. The van der Waals surface area contributed by atoms with E-state index in [1.165, 1.54) is 16.7 Å². The number of hydrogen-bond acceptors (Lipinski definition) is 2. The van der Waals surface area contributed by atoms with Gasteiger partial charge in [0, 0.05) is 33.8 Å². The number of H-pyrrole nitrogens is 1. The van der Waals surface area contributed by atoms with Crippen molar-refractivity contribution in [2.24, 2.45) is 0 Å². The number of aromatic amines is 1. The molecule has 3 aromatic carbocycles. The molecule has 0 unspecified atom stereocenters. The van der Waals surface area contributed by atoms with Crippen LogP contribution in [-0.2, 0) is 18.5 Å². The van der Waals surface area contributed by atoms with E-state index in [1.54, 1.807) is 0 Å². The van der Waals surface area contributed by atoms with Gasteiger partial charge in [0.25, 0.3) is 5.91 Å². The van der Waals surface area contributed by atoms with Gasteiger partial charge in [0.15, 0.2) is 0 Å². The highest BCUT2D eigenvalue weighted by Crippen LogP contribution is 2.37. The second kappa shape index (κ2) is 8.48. The summed E-state index contributed by atoms with van der Waals surface area (Å²) in [7, 11) is 0. The summed E-state index contributed by atoms with van der Waals surface area (Å²) in [6, 6.07) is 23.0. The Bertz CT molecular complexity index is 1630. The molecule has 1 aliphatic rings. The third-order valence-electron chi connectivity index (χ3n) is 7.52. The quantitative estimate of drug-likeness (QED) is 0.295. The monoisotopic (exact) mass is 488 g/mol. The standard InChI is InChI=1S/C32H32N4O/c1-20-7-6-8-21(2)29(20)36-30(24-11-14-27-23(17-24)15-16-33-27)26-18-35(19-28(26)34-36)31(37)22-9-12-25(13-10-22)32(3,4)5/h6-17,33H,18-19H2,1-5H3. The fourth-order valence-electron chi connectivity index (χ4n) is 5.45. The molecule has 0 fully saturated rings. The lowest BCUT2D eigenvalue weighted by molar-refractivity contribution is 0.0749. The summed E-state index contributed by atoms with van der Waals surface area (Å²) < 4.78 is 2.10. The van der Waals surface area contributed by atoms with E-state index in [9.17, 15) is 4.79 Å². The molecule has 0 bridgehead atoms. The largest absolute Gasteiger partial charge is 0.361 e. The van der Waals surface area contributed by atoms with Crippen LogP contribution >= 0.6 is 0 Å². The molecule has 6 rings (SSSR count). The molecule has 1 N–H and O–H groups in total. The van der Waals surface area contributed by atoms with E-state index in [2.05, 4.69) is 98.9 Å². The maximum atomic E-state index is 13.5. The Hall–Kier alpha value is -4.12. The van der Waals surface area contributed by atoms with Crippen molar-refractivity contribution in [2.45, 2.75) is 53.1 Å². The second-order valence-corrected chi connectivity index (χ2v) is 11.2. The van der Waals surface area contributed by atoms with Gasteiger partial charge in [0.2, 0.25) is 0 Å². The molecule has 0 saturated carbocycles. The number of nitrogens with one attached hydrogen (secondary N) is 1.